The molecule has 1 heterocycles. The zero-order valence-electron chi connectivity index (χ0n) is 8.58. The fourth-order valence-corrected chi connectivity index (χ4v) is 1.70. The summed E-state index contributed by atoms with van der Waals surface area (Å²) in [6.45, 7) is 1.75. The Morgan fingerprint density at radius 1 is 1.44 bits per heavy atom. The van der Waals surface area contributed by atoms with E-state index in [4.69, 9.17) is 16.4 Å². The van der Waals surface area contributed by atoms with E-state index in [2.05, 4.69) is 5.16 Å². The second-order valence-electron chi connectivity index (χ2n) is 3.66. The molecule has 0 bridgehead atoms. The minimum atomic E-state index is -0.634. The second-order valence-corrected chi connectivity index (χ2v) is 4.35. The van der Waals surface area contributed by atoms with Crippen LogP contribution in [0.25, 0.3) is 0 Å². The van der Waals surface area contributed by atoms with Gasteiger partial charge in [-0.3, -0.25) is 0 Å². The van der Waals surface area contributed by atoms with Crippen molar-refractivity contribution in [1.82, 2.24) is 0 Å². The summed E-state index contributed by atoms with van der Waals surface area (Å²) in [6, 6.07) is 3.70. The third-order valence-electron chi connectivity index (χ3n) is 2.46. The van der Waals surface area contributed by atoms with E-state index < -0.39 is 11.6 Å². The second kappa shape index (κ2) is 4.37. The van der Waals surface area contributed by atoms with Gasteiger partial charge in [0.15, 0.2) is 0 Å². The highest BCUT2D eigenvalue weighted by Gasteiger charge is 2.29. The molecule has 16 heavy (non-hydrogen) atoms. The lowest BCUT2D eigenvalue weighted by atomic mass is 10.0. The van der Waals surface area contributed by atoms with Gasteiger partial charge in [0.2, 0.25) is 0 Å². The zero-order chi connectivity index (χ0) is 11.7. The average molecular weight is 246 g/mol. The summed E-state index contributed by atoms with van der Waals surface area (Å²) in [4.78, 5) is 5.01. The highest BCUT2D eigenvalue weighted by atomic mass is 35.5. The Hall–Kier alpha value is -1.16. The van der Waals surface area contributed by atoms with Crippen LogP contribution in [0.1, 0.15) is 18.9 Å². The Balaban J connectivity index is 2.27. The largest absolute Gasteiger partial charge is 0.390 e. The smallest absolute Gasteiger partial charge is 0.149 e. The van der Waals surface area contributed by atoms with Gasteiger partial charge in [-0.15, -0.1) is 11.6 Å². The number of halogens is 3. The molecule has 2 unspecified atom stereocenters. The summed E-state index contributed by atoms with van der Waals surface area (Å²) in [5.74, 6) is -1.27. The third kappa shape index (κ3) is 2.02. The molecule has 2 atom stereocenters. The van der Waals surface area contributed by atoms with Crippen LogP contribution in [0.2, 0.25) is 0 Å². The van der Waals surface area contributed by atoms with Gasteiger partial charge in [0.1, 0.15) is 17.7 Å². The number of hydrogen-bond donors (Lipinski definition) is 0. The number of benzene rings is 1. The SMILES string of the molecule is CC(Cl)C1CC(c2c(F)cccc2F)=NO1. The Morgan fingerprint density at radius 2 is 2.06 bits per heavy atom. The van der Waals surface area contributed by atoms with E-state index in [9.17, 15) is 8.78 Å². The van der Waals surface area contributed by atoms with Crippen molar-refractivity contribution in [3.8, 4) is 0 Å². The van der Waals surface area contributed by atoms with Crippen LogP contribution in [0.4, 0.5) is 8.78 Å². The van der Waals surface area contributed by atoms with Crippen molar-refractivity contribution < 1.29 is 13.6 Å². The topological polar surface area (TPSA) is 21.6 Å². The lowest BCUT2D eigenvalue weighted by molar-refractivity contribution is 0.0855. The van der Waals surface area contributed by atoms with Gasteiger partial charge in [-0.25, -0.2) is 8.78 Å². The highest BCUT2D eigenvalue weighted by Crippen LogP contribution is 2.24. The maximum atomic E-state index is 13.4. The van der Waals surface area contributed by atoms with Gasteiger partial charge in [-0.2, -0.15) is 0 Å². The van der Waals surface area contributed by atoms with Crippen molar-refractivity contribution >= 4 is 17.3 Å². The van der Waals surface area contributed by atoms with Crippen LogP contribution in [0, 0.1) is 11.6 Å². The van der Waals surface area contributed by atoms with Gasteiger partial charge in [-0.05, 0) is 19.1 Å². The number of hydrogen-bond acceptors (Lipinski definition) is 2. The van der Waals surface area contributed by atoms with Crippen molar-refractivity contribution in [3.05, 3.63) is 35.4 Å². The van der Waals surface area contributed by atoms with Gasteiger partial charge in [0.05, 0.1) is 16.7 Å². The van der Waals surface area contributed by atoms with Crippen molar-refractivity contribution in [2.75, 3.05) is 0 Å². The first-order valence-corrected chi connectivity index (χ1v) is 5.34. The number of alkyl halides is 1. The quantitative estimate of drug-likeness (QED) is 0.734. The molecule has 0 N–H and O–H groups in total. The monoisotopic (exact) mass is 245 g/mol. The summed E-state index contributed by atoms with van der Waals surface area (Å²) in [5, 5.41) is 3.43. The highest BCUT2D eigenvalue weighted by molar-refractivity contribution is 6.21. The number of oxime groups is 1. The van der Waals surface area contributed by atoms with Gasteiger partial charge < -0.3 is 4.84 Å². The first-order chi connectivity index (χ1) is 7.59. The van der Waals surface area contributed by atoms with Crippen molar-refractivity contribution in [2.45, 2.75) is 24.8 Å². The first kappa shape index (κ1) is 11.3. The lowest BCUT2D eigenvalue weighted by Gasteiger charge is -2.09. The fraction of sp³-hybridized carbons (Fsp3) is 0.364. The van der Waals surface area contributed by atoms with E-state index in [1.807, 2.05) is 0 Å². The molecule has 5 heteroatoms. The van der Waals surface area contributed by atoms with E-state index in [-0.39, 0.29) is 22.8 Å². The summed E-state index contributed by atoms with van der Waals surface area (Å²) >= 11 is 5.83. The Labute approximate surface area is 96.8 Å². The molecule has 0 radical (unpaired) electrons. The Kier molecular flexibility index (Phi) is 3.10. The van der Waals surface area contributed by atoms with Crippen molar-refractivity contribution in [1.29, 1.82) is 0 Å². The molecule has 0 aromatic heterocycles. The van der Waals surface area contributed by atoms with E-state index in [0.717, 1.165) is 0 Å². The predicted octanol–water partition coefficient (Wildman–Crippen LogP) is 3.09. The standard InChI is InChI=1S/C11H10ClF2NO/c1-6(12)10-5-9(15-16-10)11-7(13)3-2-4-8(11)14/h2-4,6,10H,5H2,1H3. The summed E-state index contributed by atoms with van der Waals surface area (Å²) in [5.41, 5.74) is 0.149. The fourth-order valence-electron chi connectivity index (χ4n) is 1.56. The maximum absolute atomic E-state index is 13.4. The van der Waals surface area contributed by atoms with Gasteiger partial charge in [-0.1, -0.05) is 11.2 Å². The normalized spacial score (nSPS) is 21.5. The predicted molar refractivity (Wildman–Crippen MR) is 57.7 cm³/mol. The van der Waals surface area contributed by atoms with E-state index in [1.54, 1.807) is 6.92 Å². The van der Waals surface area contributed by atoms with Gasteiger partial charge in [0.25, 0.3) is 0 Å². The number of rotatable bonds is 2. The average Bonchev–Trinajstić information content (AvgIpc) is 2.66. The first-order valence-electron chi connectivity index (χ1n) is 4.90. The lowest BCUT2D eigenvalue weighted by Crippen LogP contribution is -2.18. The Morgan fingerprint density at radius 3 is 2.56 bits per heavy atom. The van der Waals surface area contributed by atoms with Crippen LogP contribution >= 0.6 is 11.6 Å². The molecule has 1 aliphatic heterocycles. The molecule has 1 aromatic rings. The van der Waals surface area contributed by atoms with Gasteiger partial charge in [0, 0.05) is 6.42 Å². The van der Waals surface area contributed by atoms with Crippen LogP contribution in [0.15, 0.2) is 23.4 Å². The molecule has 0 fully saturated rings. The molecule has 86 valence electrons. The molecule has 0 saturated heterocycles. The molecule has 0 spiro atoms. The van der Waals surface area contributed by atoms with Crippen LogP contribution in [0.5, 0.6) is 0 Å². The van der Waals surface area contributed by atoms with Crippen LogP contribution in [0.3, 0.4) is 0 Å². The zero-order valence-corrected chi connectivity index (χ0v) is 9.34. The molecule has 1 aliphatic rings. The molecule has 2 rings (SSSR count). The van der Waals surface area contributed by atoms with E-state index >= 15 is 0 Å². The van der Waals surface area contributed by atoms with Crippen molar-refractivity contribution in [3.63, 3.8) is 0 Å². The minimum Gasteiger partial charge on any atom is -0.390 e. The van der Waals surface area contributed by atoms with E-state index in [1.165, 1.54) is 18.2 Å². The summed E-state index contributed by atoms with van der Waals surface area (Å²) in [6.07, 6.45) is -0.00151. The number of nitrogens with zero attached hydrogens (tertiary/aromatic N) is 1. The van der Waals surface area contributed by atoms with Crippen LogP contribution < -0.4 is 0 Å². The molecule has 0 amide bonds. The summed E-state index contributed by atoms with van der Waals surface area (Å²) in [7, 11) is 0. The van der Waals surface area contributed by atoms with Crippen molar-refractivity contribution in [2.24, 2.45) is 5.16 Å². The molecular formula is C11H10ClF2NO. The molecular weight excluding hydrogens is 236 g/mol. The van der Waals surface area contributed by atoms with Crippen LogP contribution in [-0.4, -0.2) is 17.2 Å². The molecule has 2 nitrogen and oxygen atoms in total. The Bertz CT molecular complexity index is 414. The maximum Gasteiger partial charge on any atom is 0.149 e. The molecule has 1 aromatic carbocycles. The van der Waals surface area contributed by atoms with Gasteiger partial charge >= 0.3 is 0 Å². The van der Waals surface area contributed by atoms with Crippen LogP contribution in [-0.2, 0) is 4.84 Å². The minimum absolute atomic E-state index is 0.123. The summed E-state index contributed by atoms with van der Waals surface area (Å²) < 4.78 is 26.8. The molecule has 0 saturated carbocycles. The molecule has 0 aliphatic carbocycles. The third-order valence-corrected chi connectivity index (χ3v) is 2.74. The van der Waals surface area contributed by atoms with E-state index in [0.29, 0.717) is 6.42 Å².